The zero-order valence-corrected chi connectivity index (χ0v) is 14.1. The maximum Gasteiger partial charge on any atom is 0.272 e. The number of rotatable bonds is 3. The van der Waals surface area contributed by atoms with Gasteiger partial charge in [0.25, 0.3) is 5.91 Å². The van der Waals surface area contributed by atoms with Crippen molar-refractivity contribution in [2.75, 3.05) is 13.1 Å². The van der Waals surface area contributed by atoms with E-state index in [1.165, 1.54) is 0 Å². The highest BCUT2D eigenvalue weighted by Crippen LogP contribution is 2.12. The lowest BCUT2D eigenvalue weighted by atomic mass is 10.1. The summed E-state index contributed by atoms with van der Waals surface area (Å²) in [7, 11) is 0. The van der Waals surface area contributed by atoms with Gasteiger partial charge in [-0.15, -0.1) is 0 Å². The lowest BCUT2D eigenvalue weighted by Gasteiger charge is -2.30. The largest absolute Gasteiger partial charge is 0.300 e. The third-order valence-electron chi connectivity index (χ3n) is 3.54. The van der Waals surface area contributed by atoms with E-state index < -0.39 is 0 Å². The molecule has 1 saturated heterocycles. The summed E-state index contributed by atoms with van der Waals surface area (Å²) in [5.74, 6) is -0.131. The average Bonchev–Trinajstić information content (AvgIpc) is 2.45. The molecule has 0 unspecified atom stereocenters. The Morgan fingerprint density at radius 3 is 2.55 bits per heavy atom. The molecule has 0 saturated carbocycles. The Morgan fingerprint density at radius 1 is 1.30 bits per heavy atom. The maximum atomic E-state index is 12.0. The van der Waals surface area contributed by atoms with E-state index in [1.807, 2.05) is 24.3 Å². The quantitative estimate of drug-likeness (QED) is 0.643. The van der Waals surface area contributed by atoms with Gasteiger partial charge in [-0.2, -0.15) is 5.10 Å². The van der Waals surface area contributed by atoms with Crippen LogP contribution >= 0.6 is 22.6 Å². The molecule has 4 nitrogen and oxygen atoms in total. The van der Waals surface area contributed by atoms with Crippen LogP contribution in [-0.4, -0.2) is 35.7 Å². The third kappa shape index (κ3) is 4.02. The molecule has 108 valence electrons. The van der Waals surface area contributed by atoms with Crippen molar-refractivity contribution in [3.63, 3.8) is 0 Å². The number of hydrogen-bond acceptors (Lipinski definition) is 3. The van der Waals surface area contributed by atoms with Gasteiger partial charge in [0.2, 0.25) is 0 Å². The summed E-state index contributed by atoms with van der Waals surface area (Å²) in [5.41, 5.74) is 4.44. The van der Waals surface area contributed by atoms with Crippen LogP contribution in [0.2, 0.25) is 0 Å². The first-order valence-electron chi connectivity index (χ1n) is 6.92. The molecule has 1 fully saturated rings. The number of piperidine rings is 1. The van der Waals surface area contributed by atoms with E-state index in [0.717, 1.165) is 35.2 Å². The van der Waals surface area contributed by atoms with Gasteiger partial charge in [-0.1, -0.05) is 12.1 Å². The number of carbonyl (C=O) groups excluding carboxylic acids is 1. The average molecular weight is 385 g/mol. The molecule has 5 heteroatoms. The Kier molecular flexibility index (Phi) is 5.54. The van der Waals surface area contributed by atoms with Crippen LogP contribution in [0, 0.1) is 3.57 Å². The van der Waals surface area contributed by atoms with E-state index in [1.54, 1.807) is 0 Å². The number of nitrogens with zero attached hydrogens (tertiary/aromatic N) is 2. The molecular formula is C15H20IN3O. The molecule has 0 spiro atoms. The number of hydrogen-bond donors (Lipinski definition) is 1. The number of likely N-dealkylation sites (tertiary alicyclic amines) is 1. The molecule has 1 aliphatic rings. The Morgan fingerprint density at radius 2 is 1.95 bits per heavy atom. The van der Waals surface area contributed by atoms with Crippen molar-refractivity contribution in [1.29, 1.82) is 0 Å². The van der Waals surface area contributed by atoms with Crippen molar-refractivity contribution in [2.45, 2.75) is 32.7 Å². The lowest BCUT2D eigenvalue weighted by Crippen LogP contribution is -2.39. The van der Waals surface area contributed by atoms with Gasteiger partial charge >= 0.3 is 0 Å². The molecule has 0 aromatic heterocycles. The second kappa shape index (κ2) is 7.17. The molecule has 1 amide bonds. The third-order valence-corrected chi connectivity index (χ3v) is 4.48. The van der Waals surface area contributed by atoms with Crippen molar-refractivity contribution >= 4 is 34.2 Å². The first-order valence-corrected chi connectivity index (χ1v) is 8.00. The van der Waals surface area contributed by atoms with Crippen LogP contribution in [0.3, 0.4) is 0 Å². The predicted molar refractivity (Wildman–Crippen MR) is 90.0 cm³/mol. The van der Waals surface area contributed by atoms with Gasteiger partial charge in [0.05, 0.1) is 5.56 Å². The van der Waals surface area contributed by atoms with Gasteiger partial charge in [0.15, 0.2) is 0 Å². The van der Waals surface area contributed by atoms with E-state index in [-0.39, 0.29) is 5.91 Å². The number of hydrazone groups is 1. The van der Waals surface area contributed by atoms with Crippen LogP contribution < -0.4 is 5.43 Å². The number of carbonyl (C=O) groups is 1. The van der Waals surface area contributed by atoms with Gasteiger partial charge in [-0.3, -0.25) is 4.79 Å². The highest BCUT2D eigenvalue weighted by molar-refractivity contribution is 14.1. The van der Waals surface area contributed by atoms with Gasteiger partial charge in [0.1, 0.15) is 0 Å². The SMILES string of the molecule is CC(C)N1CCC(=NNC(=O)c2ccccc2I)CC1. The van der Waals surface area contributed by atoms with Crippen LogP contribution in [0.4, 0.5) is 0 Å². The molecule has 1 aromatic carbocycles. The van der Waals surface area contributed by atoms with Crippen molar-refractivity contribution in [3.05, 3.63) is 33.4 Å². The first-order chi connectivity index (χ1) is 9.58. The second-order valence-electron chi connectivity index (χ2n) is 5.23. The minimum absolute atomic E-state index is 0.131. The van der Waals surface area contributed by atoms with E-state index in [0.29, 0.717) is 11.6 Å². The summed E-state index contributed by atoms with van der Waals surface area (Å²) in [4.78, 5) is 14.5. The van der Waals surface area contributed by atoms with Crippen molar-refractivity contribution in [2.24, 2.45) is 5.10 Å². The normalized spacial score (nSPS) is 16.3. The molecule has 1 N–H and O–H groups in total. The minimum atomic E-state index is -0.131. The number of amides is 1. The minimum Gasteiger partial charge on any atom is -0.300 e. The van der Waals surface area contributed by atoms with E-state index >= 15 is 0 Å². The van der Waals surface area contributed by atoms with Crippen molar-refractivity contribution in [3.8, 4) is 0 Å². The highest BCUT2D eigenvalue weighted by Gasteiger charge is 2.17. The zero-order chi connectivity index (χ0) is 14.5. The van der Waals surface area contributed by atoms with Gasteiger partial charge in [-0.05, 0) is 48.6 Å². The van der Waals surface area contributed by atoms with Crippen molar-refractivity contribution in [1.82, 2.24) is 10.3 Å². The molecule has 0 aliphatic carbocycles. The van der Waals surface area contributed by atoms with Crippen LogP contribution in [0.5, 0.6) is 0 Å². The first kappa shape index (κ1) is 15.4. The zero-order valence-electron chi connectivity index (χ0n) is 11.9. The fourth-order valence-electron chi connectivity index (χ4n) is 2.25. The summed E-state index contributed by atoms with van der Waals surface area (Å²) in [6.45, 7) is 6.47. The fourth-order valence-corrected chi connectivity index (χ4v) is 2.88. The van der Waals surface area contributed by atoms with Gasteiger partial charge in [-0.25, -0.2) is 5.43 Å². The summed E-state index contributed by atoms with van der Waals surface area (Å²) < 4.78 is 0.942. The summed E-state index contributed by atoms with van der Waals surface area (Å²) >= 11 is 2.16. The van der Waals surface area contributed by atoms with Gasteiger partial charge < -0.3 is 4.90 Å². The molecule has 20 heavy (non-hydrogen) atoms. The Labute approximate surface area is 133 Å². The summed E-state index contributed by atoms with van der Waals surface area (Å²) in [6.07, 6.45) is 1.87. The Balaban J connectivity index is 1.91. The van der Waals surface area contributed by atoms with E-state index in [4.69, 9.17) is 0 Å². The fraction of sp³-hybridized carbons (Fsp3) is 0.467. The smallest absolute Gasteiger partial charge is 0.272 e. The molecule has 0 radical (unpaired) electrons. The van der Waals surface area contributed by atoms with Crippen LogP contribution in [0.25, 0.3) is 0 Å². The predicted octanol–water partition coefficient (Wildman–Crippen LogP) is 2.88. The number of halogens is 1. The summed E-state index contributed by atoms with van der Waals surface area (Å²) in [5, 5.41) is 4.28. The molecule has 2 rings (SSSR count). The molecule has 1 heterocycles. The lowest BCUT2D eigenvalue weighted by molar-refractivity contribution is 0.0953. The molecule has 1 aromatic rings. The molecular weight excluding hydrogens is 365 g/mol. The maximum absolute atomic E-state index is 12.0. The Bertz CT molecular complexity index is 504. The molecule has 0 atom stereocenters. The monoisotopic (exact) mass is 385 g/mol. The van der Waals surface area contributed by atoms with Gasteiger partial charge in [0, 0.05) is 41.3 Å². The highest BCUT2D eigenvalue weighted by atomic mass is 127. The van der Waals surface area contributed by atoms with Crippen LogP contribution in [0.15, 0.2) is 29.4 Å². The molecule has 0 bridgehead atoms. The topological polar surface area (TPSA) is 44.7 Å². The standard InChI is InChI=1S/C15H20IN3O/c1-11(2)19-9-7-12(8-10-19)17-18-15(20)13-5-3-4-6-14(13)16/h3-6,11H,7-10H2,1-2H3,(H,18,20). The Hall–Kier alpha value is -0.950. The van der Waals surface area contributed by atoms with E-state index in [9.17, 15) is 4.79 Å². The van der Waals surface area contributed by atoms with Crippen LogP contribution in [-0.2, 0) is 0 Å². The van der Waals surface area contributed by atoms with Crippen molar-refractivity contribution < 1.29 is 4.79 Å². The number of nitrogens with one attached hydrogen (secondary N) is 1. The van der Waals surface area contributed by atoms with E-state index in [2.05, 4.69) is 51.9 Å². The summed E-state index contributed by atoms with van der Waals surface area (Å²) in [6, 6.07) is 8.11. The second-order valence-corrected chi connectivity index (χ2v) is 6.39. The molecule has 1 aliphatic heterocycles. The van der Waals surface area contributed by atoms with Crippen LogP contribution in [0.1, 0.15) is 37.0 Å². The number of benzene rings is 1.